The number of piperidine rings is 1. The van der Waals surface area contributed by atoms with Gasteiger partial charge in [0, 0.05) is 44.8 Å². The predicted molar refractivity (Wildman–Crippen MR) is 114 cm³/mol. The SMILES string of the molecule is Cc1cccc(CN2CCN(C3CCN(C(=O)Nc4ccc(F)cc4F)CC3)C2=O)c1. The molecule has 0 atom stereocenters. The average molecular weight is 428 g/mol. The van der Waals surface area contributed by atoms with E-state index in [0.717, 1.165) is 17.7 Å². The van der Waals surface area contributed by atoms with E-state index in [4.69, 9.17) is 0 Å². The van der Waals surface area contributed by atoms with Crippen molar-refractivity contribution in [3.8, 4) is 0 Å². The van der Waals surface area contributed by atoms with Crippen LogP contribution < -0.4 is 5.32 Å². The van der Waals surface area contributed by atoms with Crippen LogP contribution in [-0.4, -0.2) is 59.0 Å². The van der Waals surface area contributed by atoms with E-state index < -0.39 is 17.7 Å². The number of amides is 4. The maximum Gasteiger partial charge on any atom is 0.321 e. The summed E-state index contributed by atoms with van der Waals surface area (Å²) in [6.07, 6.45) is 1.34. The third kappa shape index (κ3) is 4.78. The number of carbonyl (C=O) groups excluding carboxylic acids is 2. The Balaban J connectivity index is 1.29. The molecule has 4 amide bonds. The number of urea groups is 2. The van der Waals surface area contributed by atoms with Gasteiger partial charge in [0.25, 0.3) is 0 Å². The number of hydrogen-bond acceptors (Lipinski definition) is 2. The van der Waals surface area contributed by atoms with Crippen molar-refractivity contribution >= 4 is 17.7 Å². The van der Waals surface area contributed by atoms with E-state index in [1.54, 1.807) is 4.90 Å². The first kappa shape index (κ1) is 21.1. The normalized spacial score (nSPS) is 17.4. The molecule has 0 spiro atoms. The number of halogens is 2. The molecule has 2 aromatic carbocycles. The van der Waals surface area contributed by atoms with Gasteiger partial charge in [-0.05, 0) is 37.5 Å². The molecule has 2 heterocycles. The molecule has 1 N–H and O–H groups in total. The van der Waals surface area contributed by atoms with Crippen molar-refractivity contribution in [1.29, 1.82) is 0 Å². The van der Waals surface area contributed by atoms with Gasteiger partial charge in [-0.1, -0.05) is 29.8 Å². The Kier molecular flexibility index (Phi) is 6.06. The first-order chi connectivity index (χ1) is 14.9. The molecule has 0 unspecified atom stereocenters. The minimum atomic E-state index is -0.806. The summed E-state index contributed by atoms with van der Waals surface area (Å²) in [5.74, 6) is -1.50. The lowest BCUT2D eigenvalue weighted by molar-refractivity contribution is 0.139. The lowest BCUT2D eigenvalue weighted by Gasteiger charge is -2.36. The van der Waals surface area contributed by atoms with Crippen LogP contribution in [0.5, 0.6) is 0 Å². The Morgan fingerprint density at radius 3 is 2.55 bits per heavy atom. The molecule has 164 valence electrons. The molecular weight excluding hydrogens is 402 g/mol. The monoisotopic (exact) mass is 428 g/mol. The highest BCUT2D eigenvalue weighted by Crippen LogP contribution is 2.24. The topological polar surface area (TPSA) is 55.9 Å². The van der Waals surface area contributed by atoms with Gasteiger partial charge >= 0.3 is 12.1 Å². The maximum absolute atomic E-state index is 13.8. The number of likely N-dealkylation sites (tertiary alicyclic amines) is 1. The Hall–Kier alpha value is -3.16. The number of rotatable bonds is 4. The number of carbonyl (C=O) groups is 2. The molecule has 4 rings (SSSR count). The van der Waals surface area contributed by atoms with E-state index in [1.807, 2.05) is 34.9 Å². The van der Waals surface area contributed by atoms with E-state index in [9.17, 15) is 18.4 Å². The molecule has 0 bridgehead atoms. The molecule has 0 radical (unpaired) electrons. The number of anilines is 1. The van der Waals surface area contributed by atoms with Crippen LogP contribution in [0.2, 0.25) is 0 Å². The molecule has 8 heteroatoms. The van der Waals surface area contributed by atoms with Gasteiger partial charge in [-0.15, -0.1) is 0 Å². The summed E-state index contributed by atoms with van der Waals surface area (Å²) in [5.41, 5.74) is 2.25. The predicted octanol–water partition coefficient (Wildman–Crippen LogP) is 4.21. The zero-order valence-electron chi connectivity index (χ0n) is 17.5. The molecule has 2 fully saturated rings. The molecule has 0 saturated carbocycles. The standard InChI is InChI=1S/C23H26F2N4O2/c1-16-3-2-4-17(13-16)15-28-11-12-29(23(28)31)19-7-9-27(10-8-19)22(30)26-21-6-5-18(24)14-20(21)25/h2-6,13-14,19H,7-12,15H2,1H3,(H,26,30). The van der Waals surface area contributed by atoms with Gasteiger partial charge in [0.15, 0.2) is 0 Å². The van der Waals surface area contributed by atoms with Crippen LogP contribution in [0.25, 0.3) is 0 Å². The zero-order valence-corrected chi connectivity index (χ0v) is 17.5. The first-order valence-corrected chi connectivity index (χ1v) is 10.5. The fraction of sp³-hybridized carbons (Fsp3) is 0.391. The third-order valence-electron chi connectivity index (χ3n) is 5.95. The summed E-state index contributed by atoms with van der Waals surface area (Å²) >= 11 is 0. The second-order valence-electron chi connectivity index (χ2n) is 8.16. The summed E-state index contributed by atoms with van der Waals surface area (Å²) in [7, 11) is 0. The van der Waals surface area contributed by atoms with Crippen molar-refractivity contribution in [2.75, 3.05) is 31.5 Å². The van der Waals surface area contributed by atoms with Crippen LogP contribution in [0.3, 0.4) is 0 Å². The van der Waals surface area contributed by atoms with Gasteiger partial charge in [-0.2, -0.15) is 0 Å². The Bertz CT molecular complexity index is 976. The van der Waals surface area contributed by atoms with Crippen molar-refractivity contribution in [2.24, 2.45) is 0 Å². The lowest BCUT2D eigenvalue weighted by Crippen LogP contribution is -2.49. The van der Waals surface area contributed by atoms with Gasteiger partial charge in [0.2, 0.25) is 0 Å². The minimum absolute atomic E-state index is 0.0396. The van der Waals surface area contributed by atoms with Gasteiger partial charge in [-0.25, -0.2) is 18.4 Å². The molecule has 2 saturated heterocycles. The molecular formula is C23H26F2N4O2. The van der Waals surface area contributed by atoms with Gasteiger partial charge in [0.1, 0.15) is 11.6 Å². The highest BCUT2D eigenvalue weighted by Gasteiger charge is 2.36. The van der Waals surface area contributed by atoms with Gasteiger partial charge in [-0.3, -0.25) is 0 Å². The summed E-state index contributed by atoms with van der Waals surface area (Å²) < 4.78 is 26.8. The number of aryl methyl sites for hydroxylation is 1. The smallest absolute Gasteiger partial charge is 0.321 e. The highest BCUT2D eigenvalue weighted by molar-refractivity contribution is 5.89. The van der Waals surface area contributed by atoms with Crippen molar-refractivity contribution in [3.05, 3.63) is 65.2 Å². The van der Waals surface area contributed by atoms with Crippen LogP contribution in [-0.2, 0) is 6.54 Å². The summed E-state index contributed by atoms with van der Waals surface area (Å²) in [6, 6.07) is 10.9. The minimum Gasteiger partial charge on any atom is -0.324 e. The second kappa shape index (κ2) is 8.91. The third-order valence-corrected chi connectivity index (χ3v) is 5.95. The quantitative estimate of drug-likeness (QED) is 0.793. The zero-order chi connectivity index (χ0) is 22.0. The lowest BCUT2D eigenvalue weighted by atomic mass is 10.0. The fourth-order valence-corrected chi connectivity index (χ4v) is 4.28. The summed E-state index contributed by atoms with van der Waals surface area (Å²) in [6.45, 7) is 4.96. The van der Waals surface area contributed by atoms with Crippen molar-refractivity contribution in [2.45, 2.75) is 32.4 Å². The Morgan fingerprint density at radius 2 is 1.84 bits per heavy atom. The number of nitrogens with zero attached hydrogens (tertiary/aromatic N) is 3. The molecule has 6 nitrogen and oxygen atoms in total. The van der Waals surface area contributed by atoms with E-state index in [2.05, 4.69) is 11.4 Å². The number of nitrogens with one attached hydrogen (secondary N) is 1. The van der Waals surface area contributed by atoms with Crippen LogP contribution in [0.15, 0.2) is 42.5 Å². The first-order valence-electron chi connectivity index (χ1n) is 10.5. The Labute approximate surface area is 180 Å². The highest BCUT2D eigenvalue weighted by atomic mass is 19.1. The number of hydrogen-bond donors (Lipinski definition) is 1. The van der Waals surface area contributed by atoms with E-state index in [0.29, 0.717) is 45.6 Å². The molecule has 31 heavy (non-hydrogen) atoms. The number of benzene rings is 2. The van der Waals surface area contributed by atoms with Crippen molar-refractivity contribution < 1.29 is 18.4 Å². The van der Waals surface area contributed by atoms with Crippen molar-refractivity contribution in [1.82, 2.24) is 14.7 Å². The van der Waals surface area contributed by atoms with E-state index >= 15 is 0 Å². The molecule has 2 aliphatic rings. The van der Waals surface area contributed by atoms with Crippen molar-refractivity contribution in [3.63, 3.8) is 0 Å². The van der Waals surface area contributed by atoms with Crippen LogP contribution >= 0.6 is 0 Å². The largest absolute Gasteiger partial charge is 0.324 e. The molecule has 0 aromatic heterocycles. The molecule has 2 aromatic rings. The fourth-order valence-electron chi connectivity index (χ4n) is 4.28. The van der Waals surface area contributed by atoms with Gasteiger partial charge < -0.3 is 20.0 Å². The van der Waals surface area contributed by atoms with Crippen LogP contribution in [0.4, 0.5) is 24.1 Å². The summed E-state index contributed by atoms with van der Waals surface area (Å²) in [5, 5.41) is 2.50. The average Bonchev–Trinajstić information content (AvgIpc) is 3.10. The molecule has 2 aliphatic heterocycles. The Morgan fingerprint density at radius 1 is 1.06 bits per heavy atom. The maximum atomic E-state index is 13.8. The van der Waals surface area contributed by atoms with Gasteiger partial charge in [0.05, 0.1) is 5.69 Å². The molecule has 0 aliphatic carbocycles. The van der Waals surface area contributed by atoms with E-state index in [1.165, 1.54) is 11.6 Å². The van der Waals surface area contributed by atoms with Crippen LogP contribution in [0.1, 0.15) is 24.0 Å². The second-order valence-corrected chi connectivity index (χ2v) is 8.16. The summed E-state index contributed by atoms with van der Waals surface area (Å²) in [4.78, 5) is 30.7. The van der Waals surface area contributed by atoms with E-state index in [-0.39, 0.29) is 17.8 Å². The van der Waals surface area contributed by atoms with Crippen LogP contribution in [0, 0.1) is 18.6 Å².